The molecule has 1 aromatic rings. The molecule has 1 saturated carbocycles. The molecule has 2 aliphatic rings. The van der Waals surface area contributed by atoms with Crippen molar-refractivity contribution in [1.29, 1.82) is 0 Å². The Morgan fingerprint density at radius 1 is 1.09 bits per heavy atom. The van der Waals surface area contributed by atoms with Crippen LogP contribution >= 0.6 is 0 Å². The molecule has 3 heteroatoms. The van der Waals surface area contributed by atoms with E-state index in [0.29, 0.717) is 0 Å². The Morgan fingerprint density at radius 3 is 2.45 bits per heavy atom. The number of nitrogens with one attached hydrogen (secondary N) is 1. The van der Waals surface area contributed by atoms with Crippen molar-refractivity contribution in [2.75, 3.05) is 26.2 Å². The number of hydrogen-bond acceptors (Lipinski definition) is 1. The second-order valence-corrected chi connectivity index (χ2v) is 6.76. The van der Waals surface area contributed by atoms with Crippen molar-refractivity contribution in [3.63, 3.8) is 0 Å². The molecule has 0 radical (unpaired) electrons. The first-order chi connectivity index (χ1) is 10.8. The molecule has 1 heterocycles. The van der Waals surface area contributed by atoms with E-state index in [1.807, 2.05) is 0 Å². The van der Waals surface area contributed by atoms with Crippen molar-refractivity contribution in [2.45, 2.75) is 39.0 Å². The lowest BCUT2D eigenvalue weighted by Gasteiger charge is -2.34. The number of benzene rings is 1. The van der Waals surface area contributed by atoms with Crippen LogP contribution in [0.15, 0.2) is 35.3 Å². The molecule has 0 unspecified atom stereocenters. The third-order valence-electron chi connectivity index (χ3n) is 4.81. The minimum atomic E-state index is 0.824. The average Bonchev–Trinajstić information content (AvgIpc) is 3.38. The summed E-state index contributed by atoms with van der Waals surface area (Å²) >= 11 is 0. The van der Waals surface area contributed by atoms with Crippen LogP contribution in [-0.2, 0) is 6.42 Å². The number of piperidine rings is 1. The lowest BCUT2D eigenvalue weighted by molar-refractivity contribution is 0.259. The Labute approximate surface area is 134 Å². The van der Waals surface area contributed by atoms with E-state index in [-0.39, 0.29) is 0 Å². The molecule has 0 spiro atoms. The zero-order valence-corrected chi connectivity index (χ0v) is 13.8. The quantitative estimate of drug-likeness (QED) is 0.667. The standard InChI is InChI=1S/C19H29N3/c1-2-20-19(21-15-18-8-9-18)22-12-10-17(11-13-22)14-16-6-4-3-5-7-16/h3-7,17-18H,2,8-15H2,1H3,(H,20,21). The van der Waals surface area contributed by atoms with Gasteiger partial charge in [-0.05, 0) is 56.4 Å². The van der Waals surface area contributed by atoms with Crippen LogP contribution in [0.25, 0.3) is 0 Å². The Bertz CT molecular complexity index is 471. The van der Waals surface area contributed by atoms with Gasteiger partial charge in [0.05, 0.1) is 0 Å². The minimum Gasteiger partial charge on any atom is -0.357 e. The zero-order chi connectivity index (χ0) is 15.2. The normalized spacial score (nSPS) is 20.2. The first-order valence-corrected chi connectivity index (χ1v) is 8.92. The van der Waals surface area contributed by atoms with Gasteiger partial charge in [0.1, 0.15) is 0 Å². The van der Waals surface area contributed by atoms with Crippen molar-refractivity contribution >= 4 is 5.96 Å². The van der Waals surface area contributed by atoms with Gasteiger partial charge in [0.25, 0.3) is 0 Å². The molecule has 1 saturated heterocycles. The SMILES string of the molecule is CCNC(=NCC1CC1)N1CCC(Cc2ccccc2)CC1. The molecule has 1 aliphatic heterocycles. The Hall–Kier alpha value is -1.51. The first kappa shape index (κ1) is 15.4. The van der Waals surface area contributed by atoms with Crippen molar-refractivity contribution in [1.82, 2.24) is 10.2 Å². The number of nitrogens with zero attached hydrogens (tertiary/aromatic N) is 2. The molecular weight excluding hydrogens is 270 g/mol. The fraction of sp³-hybridized carbons (Fsp3) is 0.632. The highest BCUT2D eigenvalue weighted by atomic mass is 15.3. The molecule has 3 nitrogen and oxygen atoms in total. The average molecular weight is 299 g/mol. The third-order valence-corrected chi connectivity index (χ3v) is 4.81. The fourth-order valence-electron chi connectivity index (χ4n) is 3.24. The summed E-state index contributed by atoms with van der Waals surface area (Å²) in [5.41, 5.74) is 1.48. The van der Waals surface area contributed by atoms with Crippen molar-refractivity contribution in [2.24, 2.45) is 16.8 Å². The number of hydrogen-bond donors (Lipinski definition) is 1. The van der Waals surface area contributed by atoms with E-state index < -0.39 is 0 Å². The van der Waals surface area contributed by atoms with Crippen LogP contribution in [0, 0.1) is 11.8 Å². The summed E-state index contributed by atoms with van der Waals surface area (Å²) < 4.78 is 0. The minimum absolute atomic E-state index is 0.824. The van der Waals surface area contributed by atoms with Crippen LogP contribution in [0.5, 0.6) is 0 Å². The van der Waals surface area contributed by atoms with Gasteiger partial charge in [0, 0.05) is 26.2 Å². The van der Waals surface area contributed by atoms with E-state index in [2.05, 4.69) is 47.5 Å². The number of guanidine groups is 1. The molecule has 0 aromatic heterocycles. The van der Waals surface area contributed by atoms with Gasteiger partial charge in [-0.3, -0.25) is 4.99 Å². The Kier molecular flexibility index (Phi) is 5.36. The van der Waals surface area contributed by atoms with Crippen LogP contribution in [-0.4, -0.2) is 37.0 Å². The van der Waals surface area contributed by atoms with E-state index in [9.17, 15) is 0 Å². The number of likely N-dealkylation sites (tertiary alicyclic amines) is 1. The lowest BCUT2D eigenvalue weighted by atomic mass is 9.90. The van der Waals surface area contributed by atoms with Gasteiger partial charge >= 0.3 is 0 Å². The predicted octanol–water partition coefficient (Wildman–Crippen LogP) is 3.32. The summed E-state index contributed by atoms with van der Waals surface area (Å²) in [4.78, 5) is 7.31. The first-order valence-electron chi connectivity index (χ1n) is 8.92. The van der Waals surface area contributed by atoms with Gasteiger partial charge in [-0.15, -0.1) is 0 Å². The molecule has 2 fully saturated rings. The molecule has 120 valence electrons. The monoisotopic (exact) mass is 299 g/mol. The van der Waals surface area contributed by atoms with Gasteiger partial charge < -0.3 is 10.2 Å². The molecule has 3 rings (SSSR count). The van der Waals surface area contributed by atoms with E-state index in [1.54, 1.807) is 0 Å². The van der Waals surface area contributed by atoms with Gasteiger partial charge in [-0.2, -0.15) is 0 Å². The van der Waals surface area contributed by atoms with E-state index in [1.165, 1.54) is 37.7 Å². The maximum atomic E-state index is 4.84. The molecule has 22 heavy (non-hydrogen) atoms. The van der Waals surface area contributed by atoms with E-state index in [4.69, 9.17) is 4.99 Å². The number of rotatable bonds is 5. The summed E-state index contributed by atoms with van der Waals surface area (Å²) in [6, 6.07) is 10.9. The maximum Gasteiger partial charge on any atom is 0.193 e. The molecule has 1 aliphatic carbocycles. The predicted molar refractivity (Wildman–Crippen MR) is 93.1 cm³/mol. The topological polar surface area (TPSA) is 27.6 Å². The van der Waals surface area contributed by atoms with E-state index >= 15 is 0 Å². The largest absolute Gasteiger partial charge is 0.357 e. The lowest BCUT2D eigenvalue weighted by Crippen LogP contribution is -2.46. The summed E-state index contributed by atoms with van der Waals surface area (Å²) in [7, 11) is 0. The molecule has 0 bridgehead atoms. The molecule has 0 amide bonds. The van der Waals surface area contributed by atoms with Crippen molar-refractivity contribution in [3.8, 4) is 0 Å². The molecule has 1 N–H and O–H groups in total. The molecular formula is C19H29N3. The fourth-order valence-corrected chi connectivity index (χ4v) is 3.24. The smallest absolute Gasteiger partial charge is 0.193 e. The van der Waals surface area contributed by atoms with Crippen LogP contribution in [0.4, 0.5) is 0 Å². The zero-order valence-electron chi connectivity index (χ0n) is 13.8. The Morgan fingerprint density at radius 2 is 1.82 bits per heavy atom. The van der Waals surface area contributed by atoms with Crippen molar-refractivity contribution in [3.05, 3.63) is 35.9 Å². The van der Waals surface area contributed by atoms with Crippen molar-refractivity contribution < 1.29 is 0 Å². The summed E-state index contributed by atoms with van der Waals surface area (Å²) in [6.45, 7) is 6.44. The van der Waals surface area contributed by atoms with Gasteiger partial charge in [0.2, 0.25) is 0 Å². The Balaban J connectivity index is 1.49. The highest BCUT2D eigenvalue weighted by molar-refractivity contribution is 5.80. The van der Waals surface area contributed by atoms with Crippen LogP contribution in [0.3, 0.4) is 0 Å². The molecule has 0 atom stereocenters. The van der Waals surface area contributed by atoms with Gasteiger partial charge in [-0.25, -0.2) is 0 Å². The highest BCUT2D eigenvalue weighted by Gasteiger charge is 2.24. The van der Waals surface area contributed by atoms with Crippen LogP contribution in [0.1, 0.15) is 38.2 Å². The highest BCUT2D eigenvalue weighted by Crippen LogP contribution is 2.29. The van der Waals surface area contributed by atoms with Crippen LogP contribution in [0.2, 0.25) is 0 Å². The van der Waals surface area contributed by atoms with Gasteiger partial charge in [0.15, 0.2) is 5.96 Å². The van der Waals surface area contributed by atoms with Crippen LogP contribution < -0.4 is 5.32 Å². The number of aliphatic imine (C=N–C) groups is 1. The summed E-state index contributed by atoms with van der Waals surface area (Å²) in [5, 5.41) is 3.48. The van der Waals surface area contributed by atoms with Gasteiger partial charge in [-0.1, -0.05) is 30.3 Å². The maximum absolute atomic E-state index is 4.84. The third kappa shape index (κ3) is 4.49. The second kappa shape index (κ2) is 7.66. The summed E-state index contributed by atoms with van der Waals surface area (Å²) in [5.74, 6) is 2.83. The van der Waals surface area contributed by atoms with E-state index in [0.717, 1.165) is 44.0 Å². The molecule has 1 aromatic carbocycles. The second-order valence-electron chi connectivity index (χ2n) is 6.76. The summed E-state index contributed by atoms with van der Waals surface area (Å²) in [6.07, 6.45) is 6.54.